The molecule has 9 rings (SSSR count). The predicted molar refractivity (Wildman–Crippen MR) is 320 cm³/mol. The van der Waals surface area contributed by atoms with Crippen LogP contribution in [0.2, 0.25) is 0 Å². The number of nitrogens with zero attached hydrogens (tertiary/aromatic N) is 13. The first-order valence-corrected chi connectivity index (χ1v) is 29.2. The monoisotopic (exact) mass is 1100 g/mol. The second-order valence-corrected chi connectivity index (χ2v) is 22.1. The lowest BCUT2D eigenvalue weighted by atomic mass is 10.1. The lowest BCUT2D eigenvalue weighted by Crippen LogP contribution is -2.48. The third-order valence-corrected chi connectivity index (χ3v) is 15.2. The minimum absolute atomic E-state index is 0.0937. The minimum atomic E-state index is 0.0937. The lowest BCUT2D eigenvalue weighted by Gasteiger charge is -2.33. The Bertz CT molecular complexity index is 2150. The molecule has 18 nitrogen and oxygen atoms in total. The van der Waals surface area contributed by atoms with Gasteiger partial charge in [-0.2, -0.15) is 0 Å². The summed E-state index contributed by atoms with van der Waals surface area (Å²) in [6.07, 6.45) is 6.16. The maximum atomic E-state index is 12.0. The van der Waals surface area contributed by atoms with Crippen LogP contribution < -0.4 is 4.90 Å². The van der Waals surface area contributed by atoms with Gasteiger partial charge < -0.3 is 58.8 Å². The Labute approximate surface area is 476 Å². The van der Waals surface area contributed by atoms with Crippen LogP contribution in [0.4, 0.5) is 5.69 Å². The van der Waals surface area contributed by atoms with Gasteiger partial charge in [0.15, 0.2) is 0 Å². The van der Waals surface area contributed by atoms with Crippen LogP contribution >= 0.6 is 0 Å². The number of carbonyl (C=O) groups excluding carboxylic acids is 5. The highest BCUT2D eigenvalue weighted by atomic mass is 16.2. The summed E-state index contributed by atoms with van der Waals surface area (Å²) in [5, 5.41) is 0. The molecule has 0 bridgehead atoms. The molecule has 2 aromatic carbocycles. The minimum Gasteiger partial charge on any atom is -0.369 e. The van der Waals surface area contributed by atoms with E-state index in [-0.39, 0.29) is 23.6 Å². The van der Waals surface area contributed by atoms with Gasteiger partial charge in [-0.15, -0.1) is 0 Å². The lowest BCUT2D eigenvalue weighted by molar-refractivity contribution is -0.136. The van der Waals surface area contributed by atoms with Gasteiger partial charge >= 0.3 is 0 Å². The quantitative estimate of drug-likeness (QED) is 0.321. The molecule has 6 aliphatic rings. The number of likely N-dealkylation sites (N-methyl/N-ethyl adjacent to an activating group) is 6. The summed E-state index contributed by atoms with van der Waals surface area (Å²) in [5.41, 5.74) is 3.14. The van der Waals surface area contributed by atoms with Crippen LogP contribution in [0.5, 0.6) is 0 Å². The fourth-order valence-electron chi connectivity index (χ4n) is 9.42. The average Bonchev–Trinajstić information content (AvgIpc) is 3.47. The second kappa shape index (κ2) is 36.7. The van der Waals surface area contributed by atoms with Crippen LogP contribution in [-0.2, 0) is 25.6 Å². The summed E-state index contributed by atoms with van der Waals surface area (Å²) in [4.78, 5) is 87.8. The Kier molecular flexibility index (Phi) is 30.7. The van der Waals surface area contributed by atoms with Crippen LogP contribution in [0, 0.1) is 5.92 Å². The van der Waals surface area contributed by atoms with E-state index in [1.807, 2.05) is 88.6 Å². The number of hydrogen-bond acceptors (Lipinski definition) is 13. The van der Waals surface area contributed by atoms with Crippen molar-refractivity contribution in [2.45, 2.75) is 53.4 Å². The summed E-state index contributed by atoms with van der Waals surface area (Å²) in [5.74, 6) is 1.40. The van der Waals surface area contributed by atoms with E-state index in [0.717, 1.165) is 156 Å². The number of carbonyl (C=O) groups is 5. The summed E-state index contributed by atoms with van der Waals surface area (Å²) in [6, 6.07) is 24.2. The third kappa shape index (κ3) is 25.2. The van der Waals surface area contributed by atoms with Gasteiger partial charge in [0.05, 0.1) is 12.0 Å². The van der Waals surface area contributed by atoms with E-state index in [1.54, 1.807) is 18.5 Å². The number of pyridine rings is 1. The van der Waals surface area contributed by atoms with Crippen LogP contribution in [0.25, 0.3) is 0 Å². The van der Waals surface area contributed by atoms with Crippen molar-refractivity contribution in [1.82, 2.24) is 58.9 Å². The Morgan fingerprint density at radius 3 is 1.20 bits per heavy atom. The van der Waals surface area contributed by atoms with E-state index >= 15 is 0 Å². The number of hydrogen-bond donors (Lipinski definition) is 0. The highest BCUT2D eigenvalue weighted by molar-refractivity contribution is 5.94. The summed E-state index contributed by atoms with van der Waals surface area (Å²) in [6.45, 7) is 31.3. The first-order chi connectivity index (χ1) is 38.0. The first-order valence-electron chi connectivity index (χ1n) is 29.2. The van der Waals surface area contributed by atoms with Crippen molar-refractivity contribution in [2.75, 3.05) is 204 Å². The molecule has 6 fully saturated rings. The molecule has 7 heterocycles. The second-order valence-electron chi connectivity index (χ2n) is 22.1. The number of rotatable bonds is 8. The van der Waals surface area contributed by atoms with E-state index in [9.17, 15) is 24.0 Å². The topological polar surface area (TPSA) is 137 Å². The van der Waals surface area contributed by atoms with Crippen LogP contribution in [-0.4, -0.2) is 288 Å². The van der Waals surface area contributed by atoms with E-state index in [0.29, 0.717) is 36.6 Å². The summed E-state index contributed by atoms with van der Waals surface area (Å²) >= 11 is 0. The summed E-state index contributed by atoms with van der Waals surface area (Å²) in [7, 11) is 12.6. The molecule has 18 heteroatoms. The Hall–Kier alpha value is -5.50. The average molecular weight is 1100 g/mol. The highest BCUT2D eigenvalue weighted by Gasteiger charge is 2.23. The maximum absolute atomic E-state index is 12.0. The Balaban J connectivity index is 0.000000205. The van der Waals surface area contributed by atoms with Crippen molar-refractivity contribution in [3.05, 3.63) is 96.3 Å². The Morgan fingerprint density at radius 2 is 0.810 bits per heavy atom. The molecule has 6 aliphatic heterocycles. The number of aromatic nitrogens is 1. The molecule has 0 unspecified atom stereocenters. The Morgan fingerprint density at radius 1 is 0.430 bits per heavy atom. The van der Waals surface area contributed by atoms with Crippen LogP contribution in [0.3, 0.4) is 0 Å². The van der Waals surface area contributed by atoms with Crippen molar-refractivity contribution in [2.24, 2.45) is 5.92 Å². The van der Waals surface area contributed by atoms with Crippen LogP contribution in [0.15, 0.2) is 85.2 Å². The highest BCUT2D eigenvalue weighted by Crippen LogP contribution is 2.15. The molecular formula is C61H101N13O5. The molecule has 0 spiro atoms. The molecule has 1 aromatic heterocycles. The van der Waals surface area contributed by atoms with Gasteiger partial charge in [-0.3, -0.25) is 29.0 Å². The van der Waals surface area contributed by atoms with Gasteiger partial charge in [-0.1, -0.05) is 76.2 Å². The number of benzene rings is 2. The van der Waals surface area contributed by atoms with E-state index in [2.05, 4.69) is 112 Å². The normalized spacial score (nSPS) is 18.9. The van der Waals surface area contributed by atoms with Gasteiger partial charge in [-0.05, 0) is 78.5 Å². The fraction of sp³-hybridized carbons (Fsp3) is 0.639. The molecular weight excluding hydrogens is 995 g/mol. The smallest absolute Gasteiger partial charge is 0.255 e. The van der Waals surface area contributed by atoms with Crippen molar-refractivity contribution in [3.63, 3.8) is 0 Å². The molecule has 0 radical (unpaired) electrons. The van der Waals surface area contributed by atoms with Gasteiger partial charge in [0.25, 0.3) is 5.91 Å². The molecule has 0 aliphatic carbocycles. The van der Waals surface area contributed by atoms with Crippen molar-refractivity contribution >= 4 is 35.2 Å². The maximum Gasteiger partial charge on any atom is 0.255 e. The largest absolute Gasteiger partial charge is 0.369 e. The van der Waals surface area contributed by atoms with Gasteiger partial charge in [0.1, 0.15) is 0 Å². The standard InChI is InChI=1S/C13H18N2O.C11H15N3O.C11H16N2.2C9H18N2O.C8H16N2O/c1-14-7-9-15(10-8-14)13(16)11-12-5-3-2-4-6-12;1-13-5-7-14(8-6-13)11(15)10-3-2-4-12-9-10;1-12-7-9-13(10-8-12)11-5-3-2-4-6-11;1-8(2)9(12)11-6-4-10(3)5-7-11;1-3-4-9(12)11-7-5-10(2)6-8-11;1-3-8(11)10-6-4-9(2)5-7-10/h2-6H,7-11H2,1H3;2-4,9H,5-8H2,1H3;2-6H,7-10H2,1H3;8H,4-7H2,1-3H3;3-8H2,1-2H3;3-7H2,1-2H3. The zero-order chi connectivity index (χ0) is 57.5. The van der Waals surface area contributed by atoms with Crippen molar-refractivity contribution in [3.8, 4) is 0 Å². The first kappa shape index (κ1) is 66.0. The SMILES string of the molecule is CC(C)C(=O)N1CCN(C)CC1.CCC(=O)N1CCN(C)CC1.CCCC(=O)N1CCN(C)CC1.CN1CCN(C(=O)Cc2ccccc2)CC1.CN1CCN(C(=O)c2cccnc2)CC1.CN1CCN(c2ccccc2)CC1. The van der Waals surface area contributed by atoms with Gasteiger partial charge in [0.2, 0.25) is 23.6 Å². The fourth-order valence-corrected chi connectivity index (χ4v) is 9.42. The molecule has 0 saturated carbocycles. The molecule has 0 N–H and O–H groups in total. The molecule has 440 valence electrons. The zero-order valence-electron chi connectivity index (χ0n) is 50.3. The van der Waals surface area contributed by atoms with Gasteiger partial charge in [-0.25, -0.2) is 0 Å². The molecule has 6 saturated heterocycles. The summed E-state index contributed by atoms with van der Waals surface area (Å²) < 4.78 is 0. The number of para-hydroxylation sites is 1. The van der Waals surface area contributed by atoms with Crippen LogP contribution in [0.1, 0.15) is 62.9 Å². The number of anilines is 1. The van der Waals surface area contributed by atoms with Crippen molar-refractivity contribution in [1.29, 1.82) is 0 Å². The van der Waals surface area contributed by atoms with Gasteiger partial charge in [0, 0.05) is 194 Å². The zero-order valence-corrected chi connectivity index (χ0v) is 50.3. The van der Waals surface area contributed by atoms with E-state index in [4.69, 9.17) is 0 Å². The molecule has 5 amide bonds. The molecule has 79 heavy (non-hydrogen) atoms. The van der Waals surface area contributed by atoms with Crippen molar-refractivity contribution < 1.29 is 24.0 Å². The number of amides is 5. The predicted octanol–water partition coefficient (Wildman–Crippen LogP) is 4.06. The molecule has 3 aromatic rings. The number of piperazine rings is 6. The third-order valence-electron chi connectivity index (χ3n) is 15.2. The van der Waals surface area contributed by atoms with E-state index < -0.39 is 0 Å². The van der Waals surface area contributed by atoms with E-state index in [1.165, 1.54) is 18.8 Å². The molecule has 0 atom stereocenters.